The average Bonchev–Trinajstić information content (AvgIpc) is 2.97. The van der Waals surface area contributed by atoms with Crippen LogP contribution in [0, 0.1) is 11.3 Å². The minimum atomic E-state index is 0.213. The molecule has 1 aromatic carbocycles. The highest BCUT2D eigenvalue weighted by molar-refractivity contribution is 7.17. The highest BCUT2D eigenvalue weighted by atomic mass is 32.1. The molecule has 82 valence electrons. The Balaban J connectivity index is 1.97. The van der Waals surface area contributed by atoms with Crippen molar-refractivity contribution in [1.29, 1.82) is 5.26 Å². The van der Waals surface area contributed by atoms with E-state index in [1.165, 1.54) is 15.6 Å². The number of fused-ring (bicyclic) bond motifs is 1. The maximum Gasteiger partial charge on any atom is 0.252 e. The third-order valence-electron chi connectivity index (χ3n) is 2.53. The molecule has 3 aromatic rings. The Morgan fingerprint density at radius 2 is 2.24 bits per heavy atom. The number of nitriles is 1. The molecule has 0 N–H and O–H groups in total. The first-order valence-corrected chi connectivity index (χ1v) is 5.99. The van der Waals surface area contributed by atoms with Crippen LogP contribution in [0.2, 0.25) is 0 Å². The van der Waals surface area contributed by atoms with Gasteiger partial charge in [0.05, 0.1) is 6.54 Å². The monoisotopic (exact) mass is 240 g/mol. The quantitative estimate of drug-likeness (QED) is 0.691. The molecule has 0 atom stereocenters. The first kappa shape index (κ1) is 10.00. The van der Waals surface area contributed by atoms with Crippen molar-refractivity contribution in [3.05, 3.63) is 47.4 Å². The van der Waals surface area contributed by atoms with E-state index >= 15 is 0 Å². The normalized spacial score (nSPS) is 10.5. The molecule has 3 rings (SSSR count). The summed E-state index contributed by atoms with van der Waals surface area (Å²) in [4.78, 5) is 3.89. The van der Waals surface area contributed by atoms with E-state index in [4.69, 9.17) is 5.26 Å². The third-order valence-corrected chi connectivity index (χ3v) is 3.54. The third kappa shape index (κ3) is 1.79. The largest absolute Gasteiger partial charge is 0.252 e. The number of hydrogen-bond acceptors (Lipinski definition) is 4. The molecule has 2 aromatic heterocycles. The van der Waals surface area contributed by atoms with Crippen LogP contribution in [0.25, 0.3) is 10.1 Å². The van der Waals surface area contributed by atoms with E-state index in [0.29, 0.717) is 6.54 Å². The van der Waals surface area contributed by atoms with Gasteiger partial charge in [0.2, 0.25) is 0 Å². The predicted molar refractivity (Wildman–Crippen MR) is 65.7 cm³/mol. The van der Waals surface area contributed by atoms with Crippen LogP contribution in [0.1, 0.15) is 11.4 Å². The summed E-state index contributed by atoms with van der Waals surface area (Å²) >= 11 is 1.72. The fraction of sp³-hybridized carbons (Fsp3) is 0.0833. The van der Waals surface area contributed by atoms with Gasteiger partial charge >= 0.3 is 0 Å². The molecule has 0 fully saturated rings. The van der Waals surface area contributed by atoms with Gasteiger partial charge < -0.3 is 0 Å². The summed E-state index contributed by atoms with van der Waals surface area (Å²) < 4.78 is 2.95. The number of aromatic nitrogens is 3. The molecule has 0 amide bonds. The molecular weight excluding hydrogens is 232 g/mol. The molecule has 17 heavy (non-hydrogen) atoms. The summed E-state index contributed by atoms with van der Waals surface area (Å²) in [5.74, 6) is 0.213. The Hall–Kier alpha value is -2.19. The van der Waals surface area contributed by atoms with Crippen molar-refractivity contribution in [3.63, 3.8) is 0 Å². The van der Waals surface area contributed by atoms with Crippen molar-refractivity contribution in [2.45, 2.75) is 6.54 Å². The molecule has 0 bridgehead atoms. The van der Waals surface area contributed by atoms with E-state index in [-0.39, 0.29) is 5.82 Å². The Morgan fingerprint density at radius 1 is 1.35 bits per heavy atom. The van der Waals surface area contributed by atoms with Crippen molar-refractivity contribution >= 4 is 21.4 Å². The van der Waals surface area contributed by atoms with Crippen molar-refractivity contribution < 1.29 is 0 Å². The Bertz CT molecular complexity index is 704. The van der Waals surface area contributed by atoms with Crippen LogP contribution in [0.15, 0.2) is 36.0 Å². The average molecular weight is 240 g/mol. The zero-order valence-electron chi connectivity index (χ0n) is 8.87. The molecular formula is C12H8N4S. The van der Waals surface area contributed by atoms with Crippen LogP contribution in [-0.4, -0.2) is 14.8 Å². The molecule has 2 heterocycles. The first-order valence-electron chi connectivity index (χ1n) is 5.11. The molecule has 0 aliphatic rings. The van der Waals surface area contributed by atoms with Crippen molar-refractivity contribution in [1.82, 2.24) is 14.8 Å². The zero-order chi connectivity index (χ0) is 11.7. The van der Waals surface area contributed by atoms with Crippen LogP contribution in [0.4, 0.5) is 0 Å². The SMILES string of the molecule is N#Cc1ncn(Cc2csc3ccccc23)n1. The van der Waals surface area contributed by atoms with E-state index < -0.39 is 0 Å². The smallest absolute Gasteiger partial charge is 0.247 e. The summed E-state index contributed by atoms with van der Waals surface area (Å²) in [5, 5.41) is 16.1. The molecule has 4 nitrogen and oxygen atoms in total. The second kappa shape index (κ2) is 4.00. The molecule has 0 aliphatic carbocycles. The maximum atomic E-state index is 8.66. The van der Waals surface area contributed by atoms with E-state index in [2.05, 4.69) is 27.6 Å². The van der Waals surface area contributed by atoms with Crippen LogP contribution < -0.4 is 0 Å². The second-order valence-corrected chi connectivity index (χ2v) is 4.55. The molecule has 0 aliphatic heterocycles. The lowest BCUT2D eigenvalue weighted by Crippen LogP contribution is -1.99. The van der Waals surface area contributed by atoms with Gasteiger partial charge in [-0.1, -0.05) is 18.2 Å². The van der Waals surface area contributed by atoms with Gasteiger partial charge in [-0.05, 0) is 22.4 Å². The number of hydrogen-bond donors (Lipinski definition) is 0. The van der Waals surface area contributed by atoms with Crippen LogP contribution >= 0.6 is 11.3 Å². The first-order chi connectivity index (χ1) is 8.36. The van der Waals surface area contributed by atoms with Crippen molar-refractivity contribution in [3.8, 4) is 6.07 Å². The lowest BCUT2D eigenvalue weighted by Gasteiger charge is -1.98. The molecule has 0 saturated carbocycles. The lowest BCUT2D eigenvalue weighted by atomic mass is 10.2. The molecule has 0 radical (unpaired) electrons. The van der Waals surface area contributed by atoms with Gasteiger partial charge in [-0.3, -0.25) is 0 Å². The van der Waals surface area contributed by atoms with E-state index in [9.17, 15) is 0 Å². The number of nitrogens with zero attached hydrogens (tertiary/aromatic N) is 4. The van der Waals surface area contributed by atoms with Gasteiger partial charge in [-0.2, -0.15) is 5.26 Å². The van der Waals surface area contributed by atoms with Gasteiger partial charge in [-0.15, -0.1) is 16.4 Å². The Kier molecular flexibility index (Phi) is 2.35. The van der Waals surface area contributed by atoms with Crippen LogP contribution in [-0.2, 0) is 6.54 Å². The van der Waals surface area contributed by atoms with Crippen molar-refractivity contribution in [2.24, 2.45) is 0 Å². The van der Waals surface area contributed by atoms with Gasteiger partial charge in [0.1, 0.15) is 12.4 Å². The summed E-state index contributed by atoms with van der Waals surface area (Å²) in [6.45, 7) is 0.651. The number of benzene rings is 1. The highest BCUT2D eigenvalue weighted by Gasteiger charge is 2.05. The van der Waals surface area contributed by atoms with E-state index in [1.54, 1.807) is 22.3 Å². The predicted octanol–water partition coefficient (Wildman–Crippen LogP) is 2.41. The fourth-order valence-corrected chi connectivity index (χ4v) is 2.71. The molecule has 0 unspecified atom stereocenters. The Morgan fingerprint density at radius 3 is 3.06 bits per heavy atom. The van der Waals surface area contributed by atoms with Gasteiger partial charge in [0, 0.05) is 4.70 Å². The summed E-state index contributed by atoms with van der Waals surface area (Å²) in [5.41, 5.74) is 1.21. The van der Waals surface area contributed by atoms with Crippen LogP contribution in [0.5, 0.6) is 0 Å². The number of rotatable bonds is 2. The second-order valence-electron chi connectivity index (χ2n) is 3.63. The maximum absolute atomic E-state index is 8.66. The Labute approximate surface area is 102 Å². The van der Waals surface area contributed by atoms with Crippen molar-refractivity contribution in [2.75, 3.05) is 0 Å². The topological polar surface area (TPSA) is 54.5 Å². The molecule has 0 spiro atoms. The van der Waals surface area contributed by atoms with E-state index in [1.807, 2.05) is 18.2 Å². The van der Waals surface area contributed by atoms with Gasteiger partial charge in [-0.25, -0.2) is 9.67 Å². The molecule has 0 saturated heterocycles. The minimum absolute atomic E-state index is 0.213. The summed E-state index contributed by atoms with van der Waals surface area (Å²) in [6, 6.07) is 10.2. The fourth-order valence-electron chi connectivity index (χ4n) is 1.75. The highest BCUT2D eigenvalue weighted by Crippen LogP contribution is 2.25. The zero-order valence-corrected chi connectivity index (χ0v) is 9.68. The van der Waals surface area contributed by atoms with E-state index in [0.717, 1.165) is 0 Å². The van der Waals surface area contributed by atoms with Gasteiger partial charge in [0.15, 0.2) is 0 Å². The summed E-state index contributed by atoms with van der Waals surface area (Å²) in [6.07, 6.45) is 1.59. The lowest BCUT2D eigenvalue weighted by molar-refractivity contribution is 0.687. The standard InChI is InChI=1S/C12H8N4S/c13-5-12-14-8-16(15-12)6-9-7-17-11-4-2-1-3-10(9)11/h1-4,7-8H,6H2. The minimum Gasteiger partial charge on any atom is -0.247 e. The molecule has 5 heteroatoms. The van der Waals surface area contributed by atoms with Gasteiger partial charge in [0.25, 0.3) is 5.82 Å². The number of thiophene rings is 1. The summed E-state index contributed by atoms with van der Waals surface area (Å²) in [7, 11) is 0. The van der Waals surface area contributed by atoms with Crippen LogP contribution in [0.3, 0.4) is 0 Å².